The highest BCUT2D eigenvalue weighted by molar-refractivity contribution is 7.88. The van der Waals surface area contributed by atoms with Crippen molar-refractivity contribution in [1.82, 2.24) is 40.8 Å². The summed E-state index contributed by atoms with van der Waals surface area (Å²) in [5, 5.41) is 31.5. The van der Waals surface area contributed by atoms with Gasteiger partial charge in [-0.2, -0.15) is 10.5 Å². The lowest BCUT2D eigenvalue weighted by atomic mass is 8.92. The Morgan fingerprint density at radius 3 is 1.14 bits per heavy atom. The summed E-state index contributed by atoms with van der Waals surface area (Å²) in [6.45, 7) is 25.3. The van der Waals surface area contributed by atoms with Crippen LogP contribution in [0.1, 0.15) is 127 Å². The Balaban J connectivity index is 0.0000000708. The van der Waals surface area contributed by atoms with Gasteiger partial charge in [0.05, 0.1) is 23.3 Å². The van der Waals surface area contributed by atoms with E-state index in [2.05, 4.69) is 116 Å². The summed E-state index contributed by atoms with van der Waals surface area (Å²) in [7, 11) is -3.01. The molecule has 0 unspecified atom stereocenters. The van der Waals surface area contributed by atoms with Gasteiger partial charge >= 0.3 is 5.76 Å². The molecule has 2 heterocycles. The predicted molar refractivity (Wildman–Crippen MR) is 301 cm³/mol. The standard InChI is InChI=1S/C14H16N2O2.C14H19NO.C13H16N4.C13H19NO2S.C13H15N.CH4/c1-4(2)3-13-5-8-6(13)10-7(13)9(5)14(8,10)11-15-12(17)18-16-11;1-5(2)4-13-7-10-8(13)12-9(13)11(7)14(10,12)15-6(3)16;1-4(2)3-12-5-8-6(12)10-7(12)9(5)13(8,10)11-14-16-17-15-11;1-5(2)4-12-6-9-7(12)11-8(12)10(6)13(9,11)14-17(3,15)16;1-5(2)3-12-6-9-7(12)11-8(12)10(6)13(9,11)4-14;/h4-10H,3H2,1-2H3,(H,15,16,17);5,7-12H,4H2,1-3H3,(H,15,16);4-10H,3H2,1-2H3,(H,14,15,16,17);5-11,14H,4H2,1-3H3;5-11H,3H2,1-2H3;1H4. The maximum atomic E-state index is 11.5. The summed E-state index contributed by atoms with van der Waals surface area (Å²) in [4.78, 5) is 25.3. The lowest BCUT2D eigenvalue weighted by molar-refractivity contribution is -0.644. The third-order valence-electron chi connectivity index (χ3n) is 35.5. The average Bonchev–Trinajstić information content (AvgIpc) is 0.874. The van der Waals surface area contributed by atoms with E-state index in [0.717, 1.165) is 240 Å². The van der Waals surface area contributed by atoms with Crippen LogP contribution >= 0.6 is 0 Å². The number of carbonyl (C=O) groups excluding carboxylic acids is 1. The van der Waals surface area contributed by atoms with Crippen molar-refractivity contribution in [3.05, 3.63) is 22.2 Å². The summed E-state index contributed by atoms with van der Waals surface area (Å²) in [6.07, 6.45) is 8.56. The number of hydrogen-bond donors (Lipinski definition) is 4. The van der Waals surface area contributed by atoms with E-state index in [1.54, 1.807) is 6.92 Å². The minimum absolute atomic E-state index is 0. The molecule has 1 amide bonds. The molecule has 0 bridgehead atoms. The average molecular weight is 1140 g/mol. The van der Waals surface area contributed by atoms with Crippen LogP contribution in [-0.4, -0.2) is 62.4 Å². The van der Waals surface area contributed by atoms with Gasteiger partial charge in [0.2, 0.25) is 15.9 Å². The zero-order valence-corrected chi connectivity index (χ0v) is 50.7. The number of hydrogen-bond acceptors (Lipinski definition) is 10. The van der Waals surface area contributed by atoms with Crippen LogP contribution in [0, 0.1) is 251 Å². The van der Waals surface area contributed by atoms with E-state index in [1.165, 1.54) is 38.4 Å². The predicted octanol–water partition coefficient (Wildman–Crippen LogP) is 8.29. The number of sulfonamides is 1. The molecule has 30 aliphatic rings. The van der Waals surface area contributed by atoms with E-state index in [-0.39, 0.29) is 35.5 Å². The molecule has 0 atom stereocenters. The molecule has 442 valence electrons. The largest absolute Gasteiger partial charge is 0.438 e. The van der Waals surface area contributed by atoms with Gasteiger partial charge in [0.15, 0.2) is 11.6 Å². The summed E-state index contributed by atoms with van der Waals surface area (Å²) in [5.74, 6) is 34.0. The molecule has 30 fully saturated rings. The van der Waals surface area contributed by atoms with Gasteiger partial charge in [-0.3, -0.25) is 14.3 Å². The lowest BCUT2D eigenvalue weighted by Gasteiger charge is -3.11. The highest BCUT2D eigenvalue weighted by Crippen LogP contribution is 3.13. The van der Waals surface area contributed by atoms with Crippen LogP contribution in [0.15, 0.2) is 9.32 Å². The van der Waals surface area contributed by atoms with Crippen molar-refractivity contribution < 1.29 is 17.7 Å². The van der Waals surface area contributed by atoms with Crippen LogP contribution in [0.3, 0.4) is 0 Å². The summed E-state index contributed by atoms with van der Waals surface area (Å²) in [6, 6.07) is 2.66. The van der Waals surface area contributed by atoms with Crippen LogP contribution < -0.4 is 15.8 Å². The Morgan fingerprint density at radius 2 is 0.867 bits per heavy atom. The topological polar surface area (TPSA) is 212 Å². The van der Waals surface area contributed by atoms with Crippen molar-refractivity contribution in [1.29, 1.82) is 5.26 Å². The van der Waals surface area contributed by atoms with Crippen LogP contribution in [0.5, 0.6) is 0 Å². The van der Waals surface area contributed by atoms with Crippen LogP contribution in [0.4, 0.5) is 0 Å². The van der Waals surface area contributed by atoms with Crippen LogP contribution in [0.25, 0.3) is 0 Å². The van der Waals surface area contributed by atoms with E-state index < -0.39 is 10.0 Å². The smallest absolute Gasteiger partial charge is 0.350 e. The Hall–Kier alpha value is -3.12. The number of tetrazole rings is 1. The monoisotopic (exact) mass is 1140 g/mol. The number of carbonyl (C=O) groups is 1. The van der Waals surface area contributed by atoms with Gasteiger partial charge in [-0.25, -0.2) is 17.9 Å². The first-order valence-electron chi connectivity index (χ1n) is 34.0. The van der Waals surface area contributed by atoms with E-state index >= 15 is 0 Å². The fourth-order valence-corrected chi connectivity index (χ4v) is 38.4. The summed E-state index contributed by atoms with van der Waals surface area (Å²) >= 11 is 0. The first-order chi connectivity index (χ1) is 39.0. The first kappa shape index (κ1) is 48.8. The van der Waals surface area contributed by atoms with Gasteiger partial charge in [-0.15, -0.1) is 10.2 Å². The highest BCUT2D eigenvalue weighted by Gasteiger charge is 3.14. The molecule has 0 radical (unpaired) electrons. The third kappa shape index (κ3) is 3.52. The number of rotatable bonds is 15. The number of nitrogens with one attached hydrogen (secondary N) is 4. The number of aromatic amines is 2. The van der Waals surface area contributed by atoms with Crippen molar-refractivity contribution in [2.75, 3.05) is 6.26 Å². The molecule has 2 aromatic heterocycles. The fourth-order valence-electron chi connectivity index (χ4n) is 37.3. The van der Waals surface area contributed by atoms with Gasteiger partial charge in [0.1, 0.15) is 0 Å². The second-order valence-corrected chi connectivity index (χ2v) is 39.1. The van der Waals surface area contributed by atoms with Crippen molar-refractivity contribution in [2.45, 2.75) is 138 Å². The second-order valence-electron chi connectivity index (χ2n) is 37.3. The Morgan fingerprint density at radius 1 is 0.542 bits per heavy atom. The lowest BCUT2D eigenvalue weighted by Crippen LogP contribution is -3.15. The van der Waals surface area contributed by atoms with Crippen LogP contribution in [0.2, 0.25) is 0 Å². The number of nitrogens with zero attached hydrogens (tertiary/aromatic N) is 5. The molecular weight excluding hydrogens is 1050 g/mol. The van der Waals surface area contributed by atoms with Crippen molar-refractivity contribution in [3.8, 4) is 6.07 Å². The number of H-pyrrole nitrogens is 2. The molecule has 30 saturated carbocycles. The van der Waals surface area contributed by atoms with Crippen molar-refractivity contribution in [3.63, 3.8) is 0 Å². The molecule has 32 rings (SSSR count). The highest BCUT2D eigenvalue weighted by atomic mass is 32.2. The SMILES string of the molecule is C.CC(=O)NC12C3C4C1C1C2C3C41CC(C)C.CC(C)CC12C3C4C1C1C2C3C41C#N.CC(C)CC12C3C4C1C1C2C3C41NS(C)(=O)=O.CC(C)CC12C3C4C1C1C2C3C41c1nn[nH]n1.CC(C)CC12C3C4C1C1C2C3C41c1noc(=O)[nH]1. The maximum Gasteiger partial charge on any atom is 0.438 e. The van der Waals surface area contributed by atoms with E-state index in [1.807, 2.05) is 0 Å². The molecule has 14 nitrogen and oxygen atoms in total. The van der Waals surface area contributed by atoms with Gasteiger partial charge < -0.3 is 5.32 Å². The molecule has 0 aromatic carbocycles. The van der Waals surface area contributed by atoms with E-state index in [0.29, 0.717) is 16.4 Å². The maximum absolute atomic E-state index is 11.5. The van der Waals surface area contributed by atoms with Crippen molar-refractivity contribution >= 4 is 15.9 Å². The molecule has 0 aliphatic heterocycles. The molecule has 0 saturated heterocycles. The van der Waals surface area contributed by atoms with Gasteiger partial charge in [-0.1, -0.05) is 87.0 Å². The summed E-state index contributed by atoms with van der Waals surface area (Å²) in [5.41, 5.74) is 5.31. The molecule has 83 heavy (non-hydrogen) atoms. The zero-order valence-electron chi connectivity index (χ0n) is 49.9. The minimum Gasteiger partial charge on any atom is -0.350 e. The van der Waals surface area contributed by atoms with Gasteiger partial charge in [0, 0.05) is 23.3 Å². The molecule has 2 aromatic rings. The van der Waals surface area contributed by atoms with E-state index in [9.17, 15) is 23.3 Å². The Bertz CT molecular complexity index is 3440. The molecule has 15 heteroatoms. The van der Waals surface area contributed by atoms with Gasteiger partial charge in [-0.05, 0) is 266 Å². The second kappa shape index (κ2) is 12.6. The molecule has 0 spiro atoms. The normalized spacial score (nSPS) is 67.5. The number of nitriles is 1. The molecular formula is C68H89N9O5S. The quantitative estimate of drug-likeness (QED) is 0.134. The Kier molecular flexibility index (Phi) is 7.41. The third-order valence-corrected chi connectivity index (χ3v) is 36.3. The fraction of sp³-hybridized carbons (Fsp3) is 0.926. The first-order valence-corrected chi connectivity index (χ1v) is 35.9. The zero-order chi connectivity index (χ0) is 55.6. The molecule has 30 aliphatic carbocycles. The Labute approximate surface area is 489 Å². The minimum atomic E-state index is -3.01. The number of aromatic nitrogens is 6. The van der Waals surface area contributed by atoms with Gasteiger partial charge in [0.25, 0.3) is 0 Å². The van der Waals surface area contributed by atoms with Crippen molar-refractivity contribution in [2.24, 2.45) is 240 Å². The van der Waals surface area contributed by atoms with Crippen LogP contribution in [-0.2, 0) is 25.6 Å². The molecule has 4 N–H and O–H groups in total. The number of amides is 1. The summed E-state index contributed by atoms with van der Waals surface area (Å²) < 4.78 is 30.6. The van der Waals surface area contributed by atoms with E-state index in [4.69, 9.17) is 4.52 Å².